The minimum atomic E-state index is -0.838. The molecule has 3 aromatic carbocycles. The fraction of sp³-hybridized carbons (Fsp3) is 0.207. The summed E-state index contributed by atoms with van der Waals surface area (Å²) in [6, 6.07) is 15.1. The number of nitrogens with zero attached hydrogens (tertiary/aromatic N) is 1. The van der Waals surface area contributed by atoms with Crippen LogP contribution in [0.1, 0.15) is 31.4 Å². The van der Waals surface area contributed by atoms with Gasteiger partial charge in [0, 0.05) is 0 Å². The summed E-state index contributed by atoms with van der Waals surface area (Å²) in [5.74, 6) is -0.470. The Morgan fingerprint density at radius 2 is 1.74 bits per heavy atom. The summed E-state index contributed by atoms with van der Waals surface area (Å²) in [6.07, 6.45) is 2.24. The molecule has 4 amide bonds. The van der Waals surface area contributed by atoms with Crippen LogP contribution in [0.25, 0.3) is 6.08 Å². The van der Waals surface area contributed by atoms with E-state index in [2.05, 4.69) is 27.9 Å². The first-order valence-electron chi connectivity index (χ1n) is 12.3. The molecule has 1 heterocycles. The van der Waals surface area contributed by atoms with Crippen LogP contribution in [0.4, 0.5) is 14.9 Å². The zero-order valence-electron chi connectivity index (χ0n) is 21.3. The summed E-state index contributed by atoms with van der Waals surface area (Å²) in [7, 11) is 0. The summed E-state index contributed by atoms with van der Waals surface area (Å²) in [5, 5.41) is 2.23. The van der Waals surface area contributed by atoms with Gasteiger partial charge < -0.3 is 14.2 Å². The SMILES string of the molecule is CCCOc1ccc(N2C(=O)NC(=O)/C(=C/c3cc(I)c(OCc4cccc(F)c4)c(OCC)c3)C2=O)cc1. The van der Waals surface area contributed by atoms with Crippen molar-refractivity contribution in [1.29, 1.82) is 0 Å². The van der Waals surface area contributed by atoms with Gasteiger partial charge in [-0.3, -0.25) is 14.9 Å². The van der Waals surface area contributed by atoms with E-state index in [1.54, 1.807) is 48.5 Å². The van der Waals surface area contributed by atoms with Crippen LogP contribution in [0.5, 0.6) is 17.2 Å². The second-order valence-electron chi connectivity index (χ2n) is 8.48. The Kier molecular flexibility index (Phi) is 9.18. The highest BCUT2D eigenvalue weighted by Gasteiger charge is 2.37. The number of benzene rings is 3. The maximum absolute atomic E-state index is 13.6. The maximum Gasteiger partial charge on any atom is 0.335 e. The largest absolute Gasteiger partial charge is 0.494 e. The van der Waals surface area contributed by atoms with E-state index in [-0.39, 0.29) is 18.0 Å². The van der Waals surface area contributed by atoms with E-state index < -0.39 is 17.8 Å². The fourth-order valence-electron chi connectivity index (χ4n) is 3.83. The molecule has 0 radical (unpaired) electrons. The van der Waals surface area contributed by atoms with E-state index in [0.29, 0.717) is 50.8 Å². The number of nitrogens with one attached hydrogen (secondary N) is 1. The van der Waals surface area contributed by atoms with Crippen LogP contribution in [0.2, 0.25) is 0 Å². The molecule has 0 spiro atoms. The lowest BCUT2D eigenvalue weighted by molar-refractivity contribution is -0.122. The Balaban J connectivity index is 1.61. The summed E-state index contributed by atoms with van der Waals surface area (Å²) in [4.78, 5) is 39.5. The predicted octanol–water partition coefficient (Wildman–Crippen LogP) is 5.86. The highest BCUT2D eigenvalue weighted by molar-refractivity contribution is 14.1. The molecule has 0 saturated carbocycles. The van der Waals surface area contributed by atoms with Crippen LogP contribution in [0.15, 0.2) is 66.2 Å². The molecule has 8 nitrogen and oxygen atoms in total. The number of anilines is 1. The zero-order chi connectivity index (χ0) is 27.9. The van der Waals surface area contributed by atoms with E-state index in [1.807, 2.05) is 13.8 Å². The molecule has 1 aliphatic rings. The number of carbonyl (C=O) groups excluding carboxylic acids is 3. The van der Waals surface area contributed by atoms with Crippen molar-refractivity contribution < 1.29 is 33.0 Å². The van der Waals surface area contributed by atoms with Crippen molar-refractivity contribution in [3.63, 3.8) is 0 Å². The molecule has 0 bridgehead atoms. The molecule has 39 heavy (non-hydrogen) atoms. The maximum atomic E-state index is 13.6. The van der Waals surface area contributed by atoms with E-state index >= 15 is 0 Å². The van der Waals surface area contributed by atoms with Crippen molar-refractivity contribution in [3.05, 3.63) is 86.8 Å². The molecule has 0 atom stereocenters. The standard InChI is InChI=1S/C29H26FIN2O6/c1-3-12-38-22-10-8-21(9-11-22)33-28(35)23(27(34)32-29(33)36)14-19-15-24(31)26(25(16-19)37-4-2)39-17-18-6-5-7-20(30)13-18/h5-11,13-16H,3-4,12,17H2,1-2H3,(H,32,34,36)/b23-14-. The molecular weight excluding hydrogens is 618 g/mol. The zero-order valence-corrected chi connectivity index (χ0v) is 23.5. The van der Waals surface area contributed by atoms with Gasteiger partial charge in [0.2, 0.25) is 0 Å². The minimum absolute atomic E-state index is 0.120. The molecular formula is C29H26FIN2O6. The number of imide groups is 2. The second kappa shape index (κ2) is 12.7. The molecule has 10 heteroatoms. The lowest BCUT2D eigenvalue weighted by Crippen LogP contribution is -2.54. The van der Waals surface area contributed by atoms with Crippen LogP contribution in [0, 0.1) is 9.39 Å². The summed E-state index contributed by atoms with van der Waals surface area (Å²) in [5.41, 5.74) is 1.23. The smallest absolute Gasteiger partial charge is 0.335 e. The Bertz CT molecular complexity index is 1420. The Morgan fingerprint density at radius 1 is 0.974 bits per heavy atom. The van der Waals surface area contributed by atoms with Gasteiger partial charge in [-0.25, -0.2) is 14.1 Å². The highest BCUT2D eigenvalue weighted by Crippen LogP contribution is 2.36. The number of barbiturate groups is 1. The van der Waals surface area contributed by atoms with Gasteiger partial charge in [0.15, 0.2) is 11.5 Å². The van der Waals surface area contributed by atoms with Crippen LogP contribution in [0.3, 0.4) is 0 Å². The molecule has 1 fully saturated rings. The van der Waals surface area contributed by atoms with Gasteiger partial charge >= 0.3 is 6.03 Å². The van der Waals surface area contributed by atoms with Crippen LogP contribution < -0.4 is 24.4 Å². The Labute approximate surface area is 238 Å². The highest BCUT2D eigenvalue weighted by atomic mass is 127. The van der Waals surface area contributed by atoms with E-state index in [4.69, 9.17) is 14.2 Å². The quantitative estimate of drug-likeness (QED) is 0.169. The monoisotopic (exact) mass is 644 g/mol. The van der Waals surface area contributed by atoms with Gasteiger partial charge in [-0.15, -0.1) is 0 Å². The van der Waals surface area contributed by atoms with Gasteiger partial charge in [-0.2, -0.15) is 0 Å². The van der Waals surface area contributed by atoms with E-state index in [1.165, 1.54) is 18.2 Å². The molecule has 0 unspecified atom stereocenters. The first-order valence-corrected chi connectivity index (χ1v) is 13.4. The number of urea groups is 1. The summed E-state index contributed by atoms with van der Waals surface area (Å²) in [6.45, 7) is 4.80. The number of carbonyl (C=O) groups is 3. The Morgan fingerprint density at radius 3 is 2.44 bits per heavy atom. The Hall–Kier alpha value is -3.93. The number of hydrogen-bond donors (Lipinski definition) is 1. The van der Waals surface area contributed by atoms with Gasteiger partial charge in [0.25, 0.3) is 11.8 Å². The van der Waals surface area contributed by atoms with E-state index in [9.17, 15) is 18.8 Å². The van der Waals surface area contributed by atoms with Crippen molar-refractivity contribution in [2.24, 2.45) is 0 Å². The van der Waals surface area contributed by atoms with Gasteiger partial charge in [0.1, 0.15) is 23.7 Å². The number of amides is 4. The number of ether oxygens (including phenoxy) is 3. The van der Waals surface area contributed by atoms with Gasteiger partial charge in [0.05, 0.1) is 22.5 Å². The minimum Gasteiger partial charge on any atom is -0.494 e. The lowest BCUT2D eigenvalue weighted by Gasteiger charge is -2.26. The number of rotatable bonds is 10. The van der Waals surface area contributed by atoms with E-state index in [0.717, 1.165) is 11.3 Å². The molecule has 1 N–H and O–H groups in total. The fourth-order valence-corrected chi connectivity index (χ4v) is 4.61. The first kappa shape index (κ1) is 28.1. The van der Waals surface area contributed by atoms with Crippen LogP contribution in [-0.4, -0.2) is 31.1 Å². The summed E-state index contributed by atoms with van der Waals surface area (Å²) >= 11 is 2.06. The van der Waals surface area contributed by atoms with Crippen molar-refractivity contribution >= 4 is 52.2 Å². The number of hydrogen-bond acceptors (Lipinski definition) is 6. The predicted molar refractivity (Wildman–Crippen MR) is 152 cm³/mol. The average Bonchev–Trinajstić information content (AvgIpc) is 2.90. The first-order chi connectivity index (χ1) is 18.8. The van der Waals surface area contributed by atoms with Gasteiger partial charge in [-0.05, 0) is 102 Å². The normalized spacial score (nSPS) is 14.4. The molecule has 1 saturated heterocycles. The summed E-state index contributed by atoms with van der Waals surface area (Å²) < 4.78 is 31.5. The molecule has 1 aliphatic heterocycles. The number of halogens is 2. The van der Waals surface area contributed by atoms with Crippen LogP contribution in [-0.2, 0) is 16.2 Å². The third-order valence-corrected chi connectivity index (χ3v) is 6.39. The topological polar surface area (TPSA) is 94.2 Å². The van der Waals surface area contributed by atoms with Crippen molar-refractivity contribution in [1.82, 2.24) is 5.32 Å². The molecule has 0 aliphatic carbocycles. The molecule has 202 valence electrons. The van der Waals surface area contributed by atoms with Gasteiger partial charge in [-0.1, -0.05) is 19.1 Å². The molecule has 3 aromatic rings. The lowest BCUT2D eigenvalue weighted by atomic mass is 10.1. The molecule has 0 aromatic heterocycles. The third-order valence-electron chi connectivity index (χ3n) is 5.58. The second-order valence-corrected chi connectivity index (χ2v) is 9.64. The molecule has 4 rings (SSSR count). The van der Waals surface area contributed by atoms with Crippen molar-refractivity contribution in [2.45, 2.75) is 26.9 Å². The van der Waals surface area contributed by atoms with Crippen molar-refractivity contribution in [2.75, 3.05) is 18.1 Å². The third kappa shape index (κ3) is 6.75. The van der Waals surface area contributed by atoms with Crippen LogP contribution >= 0.6 is 22.6 Å². The average molecular weight is 644 g/mol. The van der Waals surface area contributed by atoms with Crippen molar-refractivity contribution in [3.8, 4) is 17.2 Å².